The molecule has 0 aliphatic carbocycles. The Labute approximate surface area is 120 Å². The molecule has 2 N–H and O–H groups in total. The molecular weight excluding hydrogens is 250 g/mol. The van der Waals surface area contributed by atoms with Gasteiger partial charge in [-0.1, -0.05) is 42.5 Å². The van der Waals surface area contributed by atoms with Crippen LogP contribution in [0.2, 0.25) is 0 Å². The van der Waals surface area contributed by atoms with Crippen LogP contribution in [0.15, 0.2) is 54.6 Å². The Morgan fingerprint density at radius 1 is 0.950 bits per heavy atom. The highest BCUT2D eigenvalue weighted by Gasteiger charge is 2.07. The van der Waals surface area contributed by atoms with Crippen LogP contribution in [0.3, 0.4) is 0 Å². The Morgan fingerprint density at radius 3 is 2.20 bits per heavy atom. The van der Waals surface area contributed by atoms with Crippen LogP contribution in [0.25, 0.3) is 0 Å². The van der Waals surface area contributed by atoms with Gasteiger partial charge in [0.1, 0.15) is 11.9 Å². The molecule has 3 heteroatoms. The standard InChI is InChI=1S/C17H21NO2/c1-19-13-17(12-18)20-16-9-7-15(8-10-16)11-14-5-3-2-4-6-14/h2-10,17H,11-13,18H2,1H3. The minimum absolute atomic E-state index is 0.0972. The Hall–Kier alpha value is -1.84. The molecule has 0 radical (unpaired) electrons. The van der Waals surface area contributed by atoms with E-state index in [9.17, 15) is 0 Å². The molecule has 0 aliphatic rings. The highest BCUT2D eigenvalue weighted by Crippen LogP contribution is 2.16. The smallest absolute Gasteiger partial charge is 0.134 e. The monoisotopic (exact) mass is 271 g/mol. The van der Waals surface area contributed by atoms with Gasteiger partial charge in [-0.3, -0.25) is 0 Å². The molecule has 0 saturated carbocycles. The summed E-state index contributed by atoms with van der Waals surface area (Å²) in [6.07, 6.45) is 0.833. The van der Waals surface area contributed by atoms with E-state index >= 15 is 0 Å². The summed E-state index contributed by atoms with van der Waals surface area (Å²) in [5.74, 6) is 0.828. The minimum Gasteiger partial charge on any atom is -0.487 e. The Kier molecular flexibility index (Phi) is 5.59. The van der Waals surface area contributed by atoms with E-state index in [1.54, 1.807) is 7.11 Å². The Morgan fingerprint density at radius 2 is 1.60 bits per heavy atom. The van der Waals surface area contributed by atoms with Crippen LogP contribution in [-0.2, 0) is 11.2 Å². The van der Waals surface area contributed by atoms with Crippen molar-refractivity contribution in [2.75, 3.05) is 20.3 Å². The summed E-state index contributed by atoms with van der Waals surface area (Å²) in [6, 6.07) is 18.6. The van der Waals surface area contributed by atoms with Crippen LogP contribution in [0.5, 0.6) is 5.75 Å². The predicted molar refractivity (Wildman–Crippen MR) is 81.0 cm³/mol. The lowest BCUT2D eigenvalue weighted by Crippen LogP contribution is -2.31. The van der Waals surface area contributed by atoms with Crippen molar-refractivity contribution in [2.45, 2.75) is 12.5 Å². The molecule has 0 amide bonds. The third kappa shape index (κ3) is 4.37. The van der Waals surface area contributed by atoms with Crippen molar-refractivity contribution in [1.29, 1.82) is 0 Å². The van der Waals surface area contributed by atoms with E-state index in [2.05, 4.69) is 36.4 Å². The molecule has 0 fully saturated rings. The van der Waals surface area contributed by atoms with Gasteiger partial charge in [-0.25, -0.2) is 0 Å². The van der Waals surface area contributed by atoms with Gasteiger partial charge in [0.15, 0.2) is 0 Å². The quantitative estimate of drug-likeness (QED) is 0.842. The summed E-state index contributed by atoms with van der Waals surface area (Å²) < 4.78 is 10.8. The predicted octanol–water partition coefficient (Wildman–Crippen LogP) is 2.63. The minimum atomic E-state index is -0.0972. The van der Waals surface area contributed by atoms with Crippen molar-refractivity contribution in [1.82, 2.24) is 0 Å². The normalized spacial score (nSPS) is 12.1. The molecule has 0 heterocycles. The third-order valence-electron chi connectivity index (χ3n) is 3.09. The summed E-state index contributed by atoms with van der Waals surface area (Å²) in [7, 11) is 1.65. The van der Waals surface area contributed by atoms with Crippen molar-refractivity contribution in [2.24, 2.45) is 5.73 Å². The second-order valence-corrected chi connectivity index (χ2v) is 4.74. The fourth-order valence-corrected chi connectivity index (χ4v) is 2.05. The highest BCUT2D eigenvalue weighted by molar-refractivity contribution is 5.31. The second kappa shape index (κ2) is 7.68. The van der Waals surface area contributed by atoms with Crippen molar-refractivity contribution in [3.05, 3.63) is 65.7 Å². The van der Waals surface area contributed by atoms with Crippen molar-refractivity contribution >= 4 is 0 Å². The van der Waals surface area contributed by atoms with Gasteiger partial charge in [-0.05, 0) is 29.7 Å². The van der Waals surface area contributed by atoms with E-state index in [4.69, 9.17) is 15.2 Å². The van der Waals surface area contributed by atoms with Crippen LogP contribution in [0.1, 0.15) is 11.1 Å². The SMILES string of the molecule is COCC(CN)Oc1ccc(Cc2ccccc2)cc1. The van der Waals surface area contributed by atoms with E-state index < -0.39 is 0 Å². The van der Waals surface area contributed by atoms with Gasteiger partial charge in [0, 0.05) is 13.7 Å². The van der Waals surface area contributed by atoms with Gasteiger partial charge in [0.05, 0.1) is 6.61 Å². The van der Waals surface area contributed by atoms with Crippen molar-refractivity contribution in [3.8, 4) is 5.75 Å². The number of ether oxygens (including phenoxy) is 2. The number of methoxy groups -OCH3 is 1. The zero-order valence-corrected chi connectivity index (χ0v) is 11.8. The Bertz CT molecular complexity index is 496. The first kappa shape index (κ1) is 14.6. The first-order valence-electron chi connectivity index (χ1n) is 6.80. The highest BCUT2D eigenvalue weighted by atomic mass is 16.5. The summed E-state index contributed by atoms with van der Waals surface area (Å²) >= 11 is 0. The molecular formula is C17H21NO2. The number of benzene rings is 2. The molecule has 0 saturated heterocycles. The van der Waals surface area contributed by atoms with Crippen LogP contribution in [0.4, 0.5) is 0 Å². The molecule has 0 aliphatic heterocycles. The lowest BCUT2D eigenvalue weighted by Gasteiger charge is -2.16. The van der Waals surface area contributed by atoms with E-state index in [-0.39, 0.29) is 6.10 Å². The first-order chi connectivity index (χ1) is 9.81. The number of hydrogen-bond acceptors (Lipinski definition) is 3. The average Bonchev–Trinajstić information content (AvgIpc) is 2.50. The number of nitrogens with two attached hydrogens (primary N) is 1. The zero-order chi connectivity index (χ0) is 14.2. The first-order valence-corrected chi connectivity index (χ1v) is 6.80. The van der Waals surface area contributed by atoms with Crippen molar-refractivity contribution in [3.63, 3.8) is 0 Å². The summed E-state index contributed by atoms with van der Waals surface area (Å²) in [6.45, 7) is 0.946. The summed E-state index contributed by atoms with van der Waals surface area (Å²) in [5.41, 5.74) is 8.20. The summed E-state index contributed by atoms with van der Waals surface area (Å²) in [5, 5.41) is 0. The summed E-state index contributed by atoms with van der Waals surface area (Å²) in [4.78, 5) is 0. The number of hydrogen-bond donors (Lipinski definition) is 1. The van der Waals surface area contributed by atoms with Crippen LogP contribution in [-0.4, -0.2) is 26.4 Å². The molecule has 2 aromatic carbocycles. The fourth-order valence-electron chi connectivity index (χ4n) is 2.05. The topological polar surface area (TPSA) is 44.5 Å². The van der Waals surface area contributed by atoms with Crippen LogP contribution in [0, 0.1) is 0 Å². The van der Waals surface area contributed by atoms with Gasteiger partial charge in [-0.2, -0.15) is 0 Å². The molecule has 1 atom stereocenters. The third-order valence-corrected chi connectivity index (χ3v) is 3.09. The maximum atomic E-state index is 5.76. The molecule has 2 aromatic rings. The van der Waals surface area contributed by atoms with E-state index in [0.717, 1.165) is 12.2 Å². The molecule has 0 bridgehead atoms. The van der Waals surface area contributed by atoms with Gasteiger partial charge in [0.25, 0.3) is 0 Å². The lowest BCUT2D eigenvalue weighted by atomic mass is 10.1. The van der Waals surface area contributed by atoms with E-state index in [1.165, 1.54) is 11.1 Å². The molecule has 20 heavy (non-hydrogen) atoms. The Balaban J connectivity index is 1.96. The molecule has 2 rings (SSSR count). The van der Waals surface area contributed by atoms with Crippen molar-refractivity contribution < 1.29 is 9.47 Å². The molecule has 3 nitrogen and oxygen atoms in total. The van der Waals surface area contributed by atoms with Crippen LogP contribution < -0.4 is 10.5 Å². The molecule has 0 aromatic heterocycles. The maximum Gasteiger partial charge on any atom is 0.134 e. The maximum absolute atomic E-state index is 5.76. The average molecular weight is 271 g/mol. The van der Waals surface area contributed by atoms with Crippen LogP contribution >= 0.6 is 0 Å². The number of rotatable bonds is 7. The molecule has 1 unspecified atom stereocenters. The zero-order valence-electron chi connectivity index (χ0n) is 11.8. The van der Waals surface area contributed by atoms with Gasteiger partial charge in [0.2, 0.25) is 0 Å². The van der Waals surface area contributed by atoms with Gasteiger partial charge < -0.3 is 15.2 Å². The van der Waals surface area contributed by atoms with E-state index in [1.807, 2.05) is 18.2 Å². The lowest BCUT2D eigenvalue weighted by molar-refractivity contribution is 0.0860. The van der Waals surface area contributed by atoms with Gasteiger partial charge in [-0.15, -0.1) is 0 Å². The molecule has 106 valence electrons. The van der Waals surface area contributed by atoms with E-state index in [0.29, 0.717) is 13.2 Å². The fraction of sp³-hybridized carbons (Fsp3) is 0.294. The largest absolute Gasteiger partial charge is 0.487 e. The molecule has 0 spiro atoms. The van der Waals surface area contributed by atoms with Gasteiger partial charge >= 0.3 is 0 Å². The second-order valence-electron chi connectivity index (χ2n) is 4.74.